The van der Waals surface area contributed by atoms with E-state index in [0.29, 0.717) is 17.8 Å². The molecule has 2 heterocycles. The molecule has 2 aromatic heterocycles. The van der Waals surface area contributed by atoms with E-state index >= 15 is 0 Å². The molecule has 0 radical (unpaired) electrons. The summed E-state index contributed by atoms with van der Waals surface area (Å²) in [7, 11) is 2.65. The Morgan fingerprint density at radius 3 is 2.38 bits per heavy atom. The van der Waals surface area contributed by atoms with Crippen LogP contribution in [0.3, 0.4) is 0 Å². The molecular weight excluding hydrogens is 420 g/mol. The quantitative estimate of drug-likeness (QED) is 0.213. The zero-order chi connectivity index (χ0) is 23.4. The number of furan rings is 1. The van der Waals surface area contributed by atoms with E-state index in [1.54, 1.807) is 25.3 Å². The SMILES string of the molecule is COc1cc(C(=O)OCC(=O)c2cc(C)n(Cc3ccco3)c2C)c([N+](=O)[O-])cc1OC. The Kier molecular flexibility index (Phi) is 6.62. The Morgan fingerprint density at radius 1 is 1.09 bits per heavy atom. The van der Waals surface area contributed by atoms with Crippen molar-refractivity contribution in [2.45, 2.75) is 20.4 Å². The molecule has 0 aliphatic heterocycles. The number of ketones is 1. The van der Waals surface area contributed by atoms with Gasteiger partial charge in [0.25, 0.3) is 5.69 Å². The number of nitro benzene ring substituents is 1. The molecule has 0 unspecified atom stereocenters. The number of methoxy groups -OCH3 is 2. The predicted octanol–water partition coefficient (Wildman–Crippen LogP) is 3.71. The van der Waals surface area contributed by atoms with Crippen molar-refractivity contribution in [1.82, 2.24) is 4.57 Å². The van der Waals surface area contributed by atoms with E-state index in [1.165, 1.54) is 14.2 Å². The molecule has 0 saturated carbocycles. The molecule has 0 aliphatic rings. The summed E-state index contributed by atoms with van der Waals surface area (Å²) in [5, 5.41) is 11.4. The van der Waals surface area contributed by atoms with Gasteiger partial charge in [0.2, 0.25) is 5.78 Å². The average Bonchev–Trinajstić information content (AvgIpc) is 3.39. The lowest BCUT2D eigenvalue weighted by atomic mass is 10.1. The molecule has 168 valence electrons. The van der Waals surface area contributed by atoms with Crippen LogP contribution in [0.25, 0.3) is 0 Å². The Labute approximate surface area is 183 Å². The van der Waals surface area contributed by atoms with Crippen molar-refractivity contribution in [3.63, 3.8) is 0 Å². The maximum atomic E-state index is 12.7. The number of nitro groups is 1. The Morgan fingerprint density at radius 2 is 1.78 bits per heavy atom. The monoisotopic (exact) mass is 442 g/mol. The first-order valence-corrected chi connectivity index (χ1v) is 9.56. The number of esters is 1. The molecule has 10 nitrogen and oxygen atoms in total. The molecule has 0 spiro atoms. The van der Waals surface area contributed by atoms with E-state index < -0.39 is 29.0 Å². The van der Waals surface area contributed by atoms with Gasteiger partial charge in [0.05, 0.1) is 38.0 Å². The van der Waals surface area contributed by atoms with E-state index in [1.807, 2.05) is 17.6 Å². The summed E-state index contributed by atoms with van der Waals surface area (Å²) in [6.45, 7) is 3.51. The highest BCUT2D eigenvalue weighted by Gasteiger charge is 2.27. The maximum absolute atomic E-state index is 12.7. The lowest BCUT2D eigenvalue weighted by Gasteiger charge is -2.10. The fraction of sp³-hybridized carbons (Fsp3) is 0.273. The summed E-state index contributed by atoms with van der Waals surface area (Å²) in [6, 6.07) is 7.53. The van der Waals surface area contributed by atoms with Crippen LogP contribution in [0.1, 0.15) is 37.9 Å². The molecule has 0 bridgehead atoms. The maximum Gasteiger partial charge on any atom is 0.345 e. The Hall–Kier alpha value is -4.08. The zero-order valence-corrected chi connectivity index (χ0v) is 18.0. The predicted molar refractivity (Wildman–Crippen MR) is 113 cm³/mol. The number of ether oxygens (including phenoxy) is 3. The molecule has 0 atom stereocenters. The van der Waals surface area contributed by atoms with Crippen molar-refractivity contribution in [2.24, 2.45) is 0 Å². The van der Waals surface area contributed by atoms with Crippen LogP contribution in [0.15, 0.2) is 41.0 Å². The minimum Gasteiger partial charge on any atom is -0.493 e. The first-order valence-electron chi connectivity index (χ1n) is 9.56. The minimum absolute atomic E-state index is 0.0934. The topological polar surface area (TPSA) is 123 Å². The molecular formula is C22H22N2O8. The highest BCUT2D eigenvalue weighted by Crippen LogP contribution is 2.34. The van der Waals surface area contributed by atoms with Crippen molar-refractivity contribution in [3.05, 3.63) is 75.0 Å². The number of rotatable bonds is 9. The number of aryl methyl sites for hydroxylation is 1. The molecule has 10 heteroatoms. The number of hydrogen-bond donors (Lipinski definition) is 0. The van der Waals surface area contributed by atoms with Crippen LogP contribution in [-0.2, 0) is 11.3 Å². The molecule has 3 rings (SSSR count). The number of nitrogens with zero attached hydrogens (tertiary/aromatic N) is 2. The largest absolute Gasteiger partial charge is 0.493 e. The van der Waals surface area contributed by atoms with Crippen LogP contribution in [0, 0.1) is 24.0 Å². The van der Waals surface area contributed by atoms with Gasteiger partial charge in [-0.15, -0.1) is 0 Å². The van der Waals surface area contributed by atoms with E-state index in [-0.39, 0.29) is 17.1 Å². The summed E-state index contributed by atoms with van der Waals surface area (Å²) in [4.78, 5) is 35.9. The van der Waals surface area contributed by atoms with Crippen molar-refractivity contribution < 1.29 is 33.1 Å². The van der Waals surface area contributed by atoms with Crippen LogP contribution < -0.4 is 9.47 Å². The number of aromatic nitrogens is 1. The summed E-state index contributed by atoms with van der Waals surface area (Å²) in [5.41, 5.74) is 1.06. The van der Waals surface area contributed by atoms with Gasteiger partial charge in [0.15, 0.2) is 18.1 Å². The van der Waals surface area contributed by atoms with Crippen LogP contribution >= 0.6 is 0 Å². The summed E-state index contributed by atoms with van der Waals surface area (Å²) < 4.78 is 22.5. The van der Waals surface area contributed by atoms with Gasteiger partial charge in [-0.2, -0.15) is 0 Å². The number of carbonyl (C=O) groups excluding carboxylic acids is 2. The van der Waals surface area contributed by atoms with E-state index in [9.17, 15) is 19.7 Å². The van der Waals surface area contributed by atoms with Gasteiger partial charge in [-0.1, -0.05) is 0 Å². The van der Waals surface area contributed by atoms with Gasteiger partial charge < -0.3 is 23.2 Å². The fourth-order valence-electron chi connectivity index (χ4n) is 3.35. The van der Waals surface area contributed by atoms with Gasteiger partial charge >= 0.3 is 5.97 Å². The second kappa shape index (κ2) is 9.38. The summed E-state index contributed by atoms with van der Waals surface area (Å²) in [6.07, 6.45) is 1.57. The molecule has 3 aromatic rings. The van der Waals surface area contributed by atoms with Gasteiger partial charge in [0, 0.05) is 23.0 Å². The van der Waals surface area contributed by atoms with Crippen molar-refractivity contribution in [3.8, 4) is 11.5 Å². The lowest BCUT2D eigenvalue weighted by molar-refractivity contribution is -0.385. The van der Waals surface area contributed by atoms with Gasteiger partial charge in [-0.05, 0) is 32.0 Å². The van der Waals surface area contributed by atoms with E-state index in [2.05, 4.69) is 0 Å². The number of benzene rings is 1. The normalized spacial score (nSPS) is 10.6. The van der Waals surface area contributed by atoms with E-state index in [4.69, 9.17) is 18.6 Å². The average molecular weight is 442 g/mol. The molecule has 32 heavy (non-hydrogen) atoms. The molecule has 0 fully saturated rings. The Balaban J connectivity index is 1.78. The first kappa shape index (κ1) is 22.6. The van der Waals surface area contributed by atoms with Gasteiger partial charge in [-0.25, -0.2) is 4.79 Å². The smallest absolute Gasteiger partial charge is 0.345 e. The van der Waals surface area contributed by atoms with Crippen molar-refractivity contribution in [2.75, 3.05) is 20.8 Å². The molecule has 0 aliphatic carbocycles. The molecule has 1 aromatic carbocycles. The zero-order valence-electron chi connectivity index (χ0n) is 18.0. The van der Waals surface area contributed by atoms with Crippen LogP contribution in [0.5, 0.6) is 11.5 Å². The standard InChI is InChI=1S/C22H22N2O8/c1-13-8-16(14(2)23(13)11-15-6-5-7-31-15)19(25)12-32-22(26)17-9-20(29-3)21(30-4)10-18(17)24(27)28/h5-10H,11-12H2,1-4H3. The lowest BCUT2D eigenvalue weighted by Crippen LogP contribution is -2.16. The van der Waals surface area contributed by atoms with Gasteiger partial charge in [0.1, 0.15) is 11.3 Å². The number of Topliss-reactive ketones (excluding diaryl/α,β-unsaturated/α-hetero) is 1. The highest BCUT2D eigenvalue weighted by molar-refractivity contribution is 6.01. The van der Waals surface area contributed by atoms with Crippen LogP contribution in [0.4, 0.5) is 5.69 Å². The molecule has 0 N–H and O–H groups in total. The van der Waals surface area contributed by atoms with Crippen LogP contribution in [-0.4, -0.2) is 42.1 Å². The first-order chi connectivity index (χ1) is 15.3. The minimum atomic E-state index is -1.02. The fourth-order valence-corrected chi connectivity index (χ4v) is 3.35. The third kappa shape index (κ3) is 4.48. The van der Waals surface area contributed by atoms with Crippen molar-refractivity contribution >= 4 is 17.4 Å². The second-order valence-corrected chi connectivity index (χ2v) is 6.93. The van der Waals surface area contributed by atoms with E-state index in [0.717, 1.165) is 23.6 Å². The third-order valence-corrected chi connectivity index (χ3v) is 5.02. The summed E-state index contributed by atoms with van der Waals surface area (Å²) in [5.74, 6) is -0.498. The molecule has 0 saturated heterocycles. The van der Waals surface area contributed by atoms with Gasteiger partial charge in [-0.3, -0.25) is 14.9 Å². The van der Waals surface area contributed by atoms with Crippen LogP contribution in [0.2, 0.25) is 0 Å². The number of hydrogen-bond acceptors (Lipinski definition) is 8. The van der Waals surface area contributed by atoms with Crippen molar-refractivity contribution in [1.29, 1.82) is 0 Å². The second-order valence-electron chi connectivity index (χ2n) is 6.93. The molecule has 0 amide bonds. The third-order valence-electron chi connectivity index (χ3n) is 5.02. The number of carbonyl (C=O) groups is 2. The summed E-state index contributed by atoms with van der Waals surface area (Å²) >= 11 is 0. The Bertz CT molecular complexity index is 1160. The highest BCUT2D eigenvalue weighted by atomic mass is 16.6.